The second-order valence-corrected chi connectivity index (χ2v) is 6.42. The van der Waals surface area contributed by atoms with Crippen LogP contribution in [0.2, 0.25) is 0 Å². The number of ether oxygens (including phenoxy) is 3. The number of rotatable bonds is 7. The van der Waals surface area contributed by atoms with Crippen molar-refractivity contribution in [2.75, 3.05) is 27.4 Å². The summed E-state index contributed by atoms with van der Waals surface area (Å²) in [7, 11) is 3.17. The maximum atomic E-state index is 12.7. The highest BCUT2D eigenvalue weighted by molar-refractivity contribution is 5.86. The Morgan fingerprint density at radius 1 is 1.14 bits per heavy atom. The summed E-state index contributed by atoms with van der Waals surface area (Å²) in [4.78, 5) is 24.4. The van der Waals surface area contributed by atoms with Gasteiger partial charge in [-0.05, 0) is 29.7 Å². The third kappa shape index (κ3) is 4.61. The van der Waals surface area contributed by atoms with Crippen molar-refractivity contribution in [3.8, 4) is 11.5 Å². The van der Waals surface area contributed by atoms with Gasteiger partial charge in [-0.1, -0.05) is 36.4 Å². The lowest BCUT2D eigenvalue weighted by Crippen LogP contribution is -2.52. The van der Waals surface area contributed by atoms with Gasteiger partial charge in [0.05, 0.1) is 20.3 Å². The summed E-state index contributed by atoms with van der Waals surface area (Å²) in [5, 5.41) is 5.74. The first-order valence-electron chi connectivity index (χ1n) is 9.07. The van der Waals surface area contributed by atoms with E-state index in [1.807, 2.05) is 48.5 Å². The number of benzene rings is 2. The van der Waals surface area contributed by atoms with Crippen LogP contribution >= 0.6 is 0 Å². The van der Waals surface area contributed by atoms with Crippen LogP contribution in [0.1, 0.15) is 17.2 Å². The molecule has 2 aromatic rings. The first-order valence-corrected chi connectivity index (χ1v) is 9.07. The molecule has 148 valence electrons. The van der Waals surface area contributed by atoms with Gasteiger partial charge in [-0.25, -0.2) is 0 Å². The van der Waals surface area contributed by atoms with E-state index in [4.69, 9.17) is 14.2 Å². The highest BCUT2D eigenvalue weighted by Crippen LogP contribution is 2.27. The molecule has 1 heterocycles. The van der Waals surface area contributed by atoms with Crippen molar-refractivity contribution < 1.29 is 23.8 Å². The Morgan fingerprint density at radius 3 is 2.61 bits per heavy atom. The van der Waals surface area contributed by atoms with Gasteiger partial charge in [-0.2, -0.15) is 0 Å². The number of hydrogen-bond acceptors (Lipinski definition) is 5. The number of morpholine rings is 1. The van der Waals surface area contributed by atoms with Gasteiger partial charge in [0, 0.05) is 6.54 Å². The lowest BCUT2D eigenvalue weighted by molar-refractivity contribution is -0.148. The minimum atomic E-state index is -0.773. The molecule has 0 bridgehead atoms. The molecule has 7 heteroatoms. The second kappa shape index (κ2) is 9.23. The average Bonchev–Trinajstić information content (AvgIpc) is 2.74. The predicted molar refractivity (Wildman–Crippen MR) is 103 cm³/mol. The normalized spacial score (nSPS) is 18.9. The molecule has 1 aliphatic rings. The van der Waals surface area contributed by atoms with Gasteiger partial charge in [0.15, 0.2) is 17.6 Å². The zero-order chi connectivity index (χ0) is 19.9. The van der Waals surface area contributed by atoms with E-state index >= 15 is 0 Å². The Kier molecular flexibility index (Phi) is 6.49. The average molecular weight is 384 g/mol. The first-order chi connectivity index (χ1) is 13.6. The largest absolute Gasteiger partial charge is 0.493 e. The minimum absolute atomic E-state index is 0.128. The van der Waals surface area contributed by atoms with Crippen molar-refractivity contribution in [1.82, 2.24) is 10.6 Å². The number of carbonyl (C=O) groups excluding carboxylic acids is 2. The topological polar surface area (TPSA) is 85.9 Å². The number of nitrogens with one attached hydrogen (secondary N) is 2. The van der Waals surface area contributed by atoms with Crippen LogP contribution in [0.5, 0.6) is 11.5 Å². The molecule has 3 rings (SSSR count). The van der Waals surface area contributed by atoms with Crippen LogP contribution in [0.25, 0.3) is 0 Å². The van der Waals surface area contributed by atoms with Gasteiger partial charge in [0.1, 0.15) is 6.61 Å². The van der Waals surface area contributed by atoms with E-state index in [1.54, 1.807) is 14.2 Å². The molecule has 1 aliphatic heterocycles. The fourth-order valence-corrected chi connectivity index (χ4v) is 3.16. The molecule has 0 radical (unpaired) electrons. The lowest BCUT2D eigenvalue weighted by atomic mass is 9.99. The molecule has 7 nitrogen and oxygen atoms in total. The standard InChI is InChI=1S/C21H24N2O5/c1-26-16-9-8-14(12-17(16)27-2)10-11-22-21(25)20-19(23-18(24)13-28-20)15-6-4-3-5-7-15/h3-9,12,19-20H,10-11,13H2,1-2H3,(H,22,25)(H,23,24)/t19-,20+/m1/s1. The van der Waals surface area contributed by atoms with E-state index in [2.05, 4.69) is 10.6 Å². The first kappa shape index (κ1) is 19.7. The van der Waals surface area contributed by atoms with Crippen molar-refractivity contribution in [3.63, 3.8) is 0 Å². The molecular formula is C21H24N2O5. The second-order valence-electron chi connectivity index (χ2n) is 6.42. The van der Waals surface area contributed by atoms with Crippen LogP contribution < -0.4 is 20.1 Å². The summed E-state index contributed by atoms with van der Waals surface area (Å²) in [5.41, 5.74) is 1.84. The van der Waals surface area contributed by atoms with Gasteiger partial charge < -0.3 is 24.8 Å². The smallest absolute Gasteiger partial charge is 0.251 e. The monoisotopic (exact) mass is 384 g/mol. The molecule has 28 heavy (non-hydrogen) atoms. The van der Waals surface area contributed by atoms with E-state index in [9.17, 15) is 9.59 Å². The van der Waals surface area contributed by atoms with Crippen LogP contribution in [0.4, 0.5) is 0 Å². The highest BCUT2D eigenvalue weighted by atomic mass is 16.5. The van der Waals surface area contributed by atoms with Crippen molar-refractivity contribution in [3.05, 3.63) is 59.7 Å². The zero-order valence-electron chi connectivity index (χ0n) is 15.9. The molecule has 2 atom stereocenters. The molecule has 0 unspecified atom stereocenters. The molecule has 0 spiro atoms. The zero-order valence-corrected chi connectivity index (χ0v) is 15.9. The Labute approximate surface area is 164 Å². The van der Waals surface area contributed by atoms with E-state index in [1.165, 1.54) is 0 Å². The fourth-order valence-electron chi connectivity index (χ4n) is 3.16. The minimum Gasteiger partial charge on any atom is -0.493 e. The van der Waals surface area contributed by atoms with Gasteiger partial charge in [0.2, 0.25) is 5.91 Å². The molecule has 0 aliphatic carbocycles. The Balaban J connectivity index is 1.61. The maximum absolute atomic E-state index is 12.7. The quantitative estimate of drug-likeness (QED) is 0.758. The lowest BCUT2D eigenvalue weighted by Gasteiger charge is -2.31. The Morgan fingerprint density at radius 2 is 1.89 bits per heavy atom. The van der Waals surface area contributed by atoms with Gasteiger partial charge >= 0.3 is 0 Å². The van der Waals surface area contributed by atoms with Crippen LogP contribution in [0, 0.1) is 0 Å². The number of hydrogen-bond donors (Lipinski definition) is 2. The Bertz CT molecular complexity index is 825. The molecule has 0 saturated carbocycles. The van der Waals surface area contributed by atoms with Crippen LogP contribution in [0.3, 0.4) is 0 Å². The highest BCUT2D eigenvalue weighted by Gasteiger charge is 2.35. The molecule has 0 aromatic heterocycles. The predicted octanol–water partition coefficient (Wildman–Crippen LogP) is 1.62. The molecule has 2 N–H and O–H groups in total. The summed E-state index contributed by atoms with van der Waals surface area (Å²) >= 11 is 0. The van der Waals surface area contributed by atoms with Crippen molar-refractivity contribution >= 4 is 11.8 Å². The maximum Gasteiger partial charge on any atom is 0.251 e. The number of carbonyl (C=O) groups is 2. The van der Waals surface area contributed by atoms with Crippen LogP contribution in [-0.2, 0) is 20.7 Å². The summed E-state index contributed by atoms with van der Waals surface area (Å²) in [6.07, 6.45) is -0.147. The van der Waals surface area contributed by atoms with Crippen molar-refractivity contribution in [2.24, 2.45) is 0 Å². The summed E-state index contributed by atoms with van der Waals surface area (Å²) in [5.74, 6) is 0.818. The summed E-state index contributed by atoms with van der Waals surface area (Å²) in [6, 6.07) is 14.5. The van der Waals surface area contributed by atoms with Gasteiger partial charge in [-0.15, -0.1) is 0 Å². The van der Waals surface area contributed by atoms with Crippen LogP contribution in [-0.4, -0.2) is 45.3 Å². The van der Waals surface area contributed by atoms with Crippen molar-refractivity contribution in [1.29, 1.82) is 0 Å². The molecular weight excluding hydrogens is 360 g/mol. The van der Waals surface area contributed by atoms with Gasteiger partial charge in [0.25, 0.3) is 5.91 Å². The summed E-state index contributed by atoms with van der Waals surface area (Å²) < 4.78 is 16.1. The van der Waals surface area contributed by atoms with E-state index in [0.717, 1.165) is 11.1 Å². The third-order valence-corrected chi connectivity index (χ3v) is 4.59. The van der Waals surface area contributed by atoms with Crippen molar-refractivity contribution in [2.45, 2.75) is 18.6 Å². The summed E-state index contributed by atoms with van der Waals surface area (Å²) in [6.45, 7) is 0.306. The SMILES string of the molecule is COc1ccc(CCNC(=O)[C@H]2OCC(=O)N[C@@H]2c2ccccc2)cc1OC. The molecule has 1 fully saturated rings. The number of methoxy groups -OCH3 is 2. The van der Waals surface area contributed by atoms with E-state index < -0.39 is 12.1 Å². The fraction of sp³-hybridized carbons (Fsp3) is 0.333. The number of amides is 2. The van der Waals surface area contributed by atoms with Crippen LogP contribution in [0.15, 0.2) is 48.5 Å². The van der Waals surface area contributed by atoms with Gasteiger partial charge in [-0.3, -0.25) is 9.59 Å². The molecule has 2 aromatic carbocycles. The molecule has 2 amide bonds. The van der Waals surface area contributed by atoms with E-state index in [-0.39, 0.29) is 18.4 Å². The van der Waals surface area contributed by atoms with E-state index in [0.29, 0.717) is 24.5 Å². The Hall–Kier alpha value is -3.06. The molecule has 1 saturated heterocycles. The third-order valence-electron chi connectivity index (χ3n) is 4.59.